The second-order valence-electron chi connectivity index (χ2n) is 4.33. The molecule has 0 radical (unpaired) electrons. The Morgan fingerprint density at radius 3 is 2.83 bits per heavy atom. The van der Waals surface area contributed by atoms with Crippen LogP contribution in [0.1, 0.15) is 12.8 Å². The van der Waals surface area contributed by atoms with Gasteiger partial charge in [-0.05, 0) is 37.1 Å². The zero-order chi connectivity index (χ0) is 13.0. The Labute approximate surface area is 106 Å². The van der Waals surface area contributed by atoms with Crippen LogP contribution in [0.25, 0.3) is 0 Å². The van der Waals surface area contributed by atoms with Crippen LogP contribution in [-0.4, -0.2) is 42.3 Å². The Balaban J connectivity index is 1.97. The first-order valence-electron chi connectivity index (χ1n) is 6.07. The fourth-order valence-electron chi connectivity index (χ4n) is 2.16. The lowest BCUT2D eigenvalue weighted by molar-refractivity contribution is 0.166. The zero-order valence-corrected chi connectivity index (χ0v) is 10.4. The molecule has 1 atom stereocenters. The van der Waals surface area contributed by atoms with Crippen molar-refractivity contribution >= 4 is 11.7 Å². The van der Waals surface area contributed by atoms with Crippen LogP contribution in [0, 0.1) is 0 Å². The number of ether oxygens (including phenoxy) is 1. The van der Waals surface area contributed by atoms with Gasteiger partial charge in [-0.2, -0.15) is 0 Å². The molecule has 1 aromatic carbocycles. The molecule has 1 aromatic rings. The molecule has 2 N–H and O–H groups in total. The second kappa shape index (κ2) is 5.73. The lowest BCUT2D eigenvalue weighted by atomic mass is 10.2. The van der Waals surface area contributed by atoms with Crippen molar-refractivity contribution in [1.82, 2.24) is 4.90 Å². The summed E-state index contributed by atoms with van der Waals surface area (Å²) in [7, 11) is 1.60. The van der Waals surface area contributed by atoms with E-state index in [1.807, 2.05) is 0 Å². The first kappa shape index (κ1) is 12.7. The Morgan fingerprint density at radius 1 is 1.50 bits per heavy atom. The third-order valence-electron chi connectivity index (χ3n) is 3.19. The molecule has 18 heavy (non-hydrogen) atoms. The number of carbonyl (C=O) groups is 1. The molecular formula is C13H18N2O3. The van der Waals surface area contributed by atoms with Gasteiger partial charge in [-0.25, -0.2) is 4.79 Å². The molecule has 0 bridgehead atoms. The molecule has 1 unspecified atom stereocenters. The minimum Gasteiger partial charge on any atom is -0.497 e. The maximum atomic E-state index is 12.0. The van der Waals surface area contributed by atoms with E-state index >= 15 is 0 Å². The smallest absolute Gasteiger partial charge is 0.322 e. The quantitative estimate of drug-likeness (QED) is 0.858. The Hall–Kier alpha value is -1.75. The molecule has 0 aromatic heterocycles. The monoisotopic (exact) mass is 250 g/mol. The number of urea groups is 1. The van der Waals surface area contributed by atoms with Crippen LogP contribution in [0.2, 0.25) is 0 Å². The summed E-state index contributed by atoms with van der Waals surface area (Å²) < 4.78 is 5.05. The van der Waals surface area contributed by atoms with Gasteiger partial charge in [0, 0.05) is 12.2 Å². The van der Waals surface area contributed by atoms with E-state index in [-0.39, 0.29) is 18.7 Å². The summed E-state index contributed by atoms with van der Waals surface area (Å²) in [5.74, 6) is 0.752. The van der Waals surface area contributed by atoms with Crippen molar-refractivity contribution in [2.24, 2.45) is 0 Å². The van der Waals surface area contributed by atoms with E-state index in [4.69, 9.17) is 4.74 Å². The molecule has 1 aliphatic rings. The van der Waals surface area contributed by atoms with E-state index in [0.29, 0.717) is 6.54 Å². The predicted molar refractivity (Wildman–Crippen MR) is 68.8 cm³/mol. The van der Waals surface area contributed by atoms with E-state index in [0.717, 1.165) is 24.3 Å². The molecule has 98 valence electrons. The molecule has 0 spiro atoms. The summed E-state index contributed by atoms with van der Waals surface area (Å²) >= 11 is 0. The number of anilines is 1. The Kier molecular flexibility index (Phi) is 4.04. The average Bonchev–Trinajstić information content (AvgIpc) is 2.88. The highest BCUT2D eigenvalue weighted by Gasteiger charge is 2.27. The van der Waals surface area contributed by atoms with Gasteiger partial charge in [0.2, 0.25) is 0 Å². The molecule has 2 amide bonds. The molecule has 1 saturated heterocycles. The molecule has 2 rings (SSSR count). The van der Waals surface area contributed by atoms with E-state index in [1.165, 1.54) is 0 Å². The topological polar surface area (TPSA) is 61.8 Å². The van der Waals surface area contributed by atoms with Gasteiger partial charge in [0.15, 0.2) is 0 Å². The number of aliphatic hydroxyl groups excluding tert-OH is 1. The number of methoxy groups -OCH3 is 1. The van der Waals surface area contributed by atoms with Gasteiger partial charge in [-0.1, -0.05) is 0 Å². The van der Waals surface area contributed by atoms with Crippen molar-refractivity contribution in [1.29, 1.82) is 0 Å². The number of hydrogen-bond acceptors (Lipinski definition) is 3. The fraction of sp³-hybridized carbons (Fsp3) is 0.462. The van der Waals surface area contributed by atoms with Crippen molar-refractivity contribution in [2.45, 2.75) is 18.9 Å². The standard InChI is InChI=1S/C13H18N2O3/c1-18-12-6-4-10(5-7-12)14-13(17)15-8-2-3-11(15)9-16/h4-7,11,16H,2-3,8-9H2,1H3,(H,14,17). The summed E-state index contributed by atoms with van der Waals surface area (Å²) in [5, 5.41) is 12.0. The van der Waals surface area contributed by atoms with Gasteiger partial charge in [0.05, 0.1) is 19.8 Å². The summed E-state index contributed by atoms with van der Waals surface area (Å²) in [4.78, 5) is 13.7. The van der Waals surface area contributed by atoms with Gasteiger partial charge in [-0.3, -0.25) is 0 Å². The normalized spacial score (nSPS) is 18.8. The van der Waals surface area contributed by atoms with Crippen LogP contribution >= 0.6 is 0 Å². The van der Waals surface area contributed by atoms with E-state index in [2.05, 4.69) is 5.32 Å². The van der Waals surface area contributed by atoms with Crippen LogP contribution in [0.5, 0.6) is 5.75 Å². The van der Waals surface area contributed by atoms with E-state index in [1.54, 1.807) is 36.3 Å². The third-order valence-corrected chi connectivity index (χ3v) is 3.19. The SMILES string of the molecule is COc1ccc(NC(=O)N2CCCC2CO)cc1. The lowest BCUT2D eigenvalue weighted by Gasteiger charge is -2.23. The van der Waals surface area contributed by atoms with Gasteiger partial charge < -0.3 is 20.1 Å². The fourth-order valence-corrected chi connectivity index (χ4v) is 2.16. The number of hydrogen-bond donors (Lipinski definition) is 2. The predicted octanol–water partition coefficient (Wildman–Crippen LogP) is 1.68. The number of amides is 2. The first-order valence-corrected chi connectivity index (χ1v) is 6.07. The summed E-state index contributed by atoms with van der Waals surface area (Å²) in [6, 6.07) is 6.97. The molecule has 1 heterocycles. The number of benzene rings is 1. The van der Waals surface area contributed by atoms with Crippen LogP contribution in [0.4, 0.5) is 10.5 Å². The minimum atomic E-state index is -0.156. The molecule has 1 aliphatic heterocycles. The van der Waals surface area contributed by atoms with E-state index < -0.39 is 0 Å². The summed E-state index contributed by atoms with van der Waals surface area (Å²) in [5.41, 5.74) is 0.726. The Morgan fingerprint density at radius 2 is 2.22 bits per heavy atom. The molecule has 5 nitrogen and oxygen atoms in total. The summed E-state index contributed by atoms with van der Waals surface area (Å²) in [6.07, 6.45) is 1.81. The first-order chi connectivity index (χ1) is 8.74. The van der Waals surface area contributed by atoms with Crippen molar-refractivity contribution in [3.8, 4) is 5.75 Å². The third kappa shape index (κ3) is 2.73. The van der Waals surface area contributed by atoms with Crippen molar-refractivity contribution in [3.63, 3.8) is 0 Å². The molecule has 0 aliphatic carbocycles. The van der Waals surface area contributed by atoms with Crippen molar-refractivity contribution in [2.75, 3.05) is 25.6 Å². The summed E-state index contributed by atoms with van der Waals surface area (Å²) in [6.45, 7) is 0.725. The second-order valence-corrected chi connectivity index (χ2v) is 4.33. The van der Waals surface area contributed by atoms with E-state index in [9.17, 15) is 9.90 Å². The molecular weight excluding hydrogens is 232 g/mol. The number of nitrogens with zero attached hydrogens (tertiary/aromatic N) is 1. The molecule has 0 saturated carbocycles. The van der Waals surface area contributed by atoms with Gasteiger partial charge >= 0.3 is 6.03 Å². The number of nitrogens with one attached hydrogen (secondary N) is 1. The highest BCUT2D eigenvalue weighted by Crippen LogP contribution is 2.19. The van der Waals surface area contributed by atoms with Gasteiger partial charge in [0.1, 0.15) is 5.75 Å². The average molecular weight is 250 g/mol. The van der Waals surface area contributed by atoms with Crippen LogP contribution in [0.15, 0.2) is 24.3 Å². The zero-order valence-electron chi connectivity index (χ0n) is 10.4. The van der Waals surface area contributed by atoms with Crippen molar-refractivity contribution < 1.29 is 14.6 Å². The van der Waals surface area contributed by atoms with Crippen LogP contribution < -0.4 is 10.1 Å². The van der Waals surface area contributed by atoms with Crippen molar-refractivity contribution in [3.05, 3.63) is 24.3 Å². The minimum absolute atomic E-state index is 0.0238. The lowest BCUT2D eigenvalue weighted by Crippen LogP contribution is -2.40. The Bertz CT molecular complexity index is 405. The number of carbonyl (C=O) groups excluding carboxylic acids is 1. The number of rotatable bonds is 3. The molecule has 5 heteroatoms. The van der Waals surface area contributed by atoms with Gasteiger partial charge in [0.25, 0.3) is 0 Å². The molecule has 1 fully saturated rings. The number of likely N-dealkylation sites (tertiary alicyclic amines) is 1. The van der Waals surface area contributed by atoms with Crippen LogP contribution in [0.3, 0.4) is 0 Å². The van der Waals surface area contributed by atoms with Crippen LogP contribution in [-0.2, 0) is 0 Å². The largest absolute Gasteiger partial charge is 0.497 e. The highest BCUT2D eigenvalue weighted by atomic mass is 16.5. The highest BCUT2D eigenvalue weighted by molar-refractivity contribution is 5.89. The number of aliphatic hydroxyl groups is 1. The van der Waals surface area contributed by atoms with Gasteiger partial charge in [-0.15, -0.1) is 0 Å². The maximum absolute atomic E-state index is 12.0. The maximum Gasteiger partial charge on any atom is 0.322 e.